The molecule has 0 bridgehead atoms. The maximum absolute atomic E-state index is 5.78. The summed E-state index contributed by atoms with van der Waals surface area (Å²) in [4.78, 5) is 0. The van der Waals surface area contributed by atoms with Gasteiger partial charge in [-0.2, -0.15) is 12.6 Å². The Morgan fingerprint density at radius 3 is 2.05 bits per heavy atom. The van der Waals surface area contributed by atoms with Crippen molar-refractivity contribution < 1.29 is 4.74 Å². The fourth-order valence-electron chi connectivity index (χ4n) is 2.72. The summed E-state index contributed by atoms with van der Waals surface area (Å²) < 4.78 is 5.78. The minimum Gasteiger partial charge on any atom is -0.493 e. The van der Waals surface area contributed by atoms with E-state index in [1.54, 1.807) is 0 Å². The van der Waals surface area contributed by atoms with Crippen LogP contribution in [0.2, 0.25) is 0 Å². The lowest BCUT2D eigenvalue weighted by atomic mass is 9.72. The van der Waals surface area contributed by atoms with Crippen LogP contribution < -0.4 is 4.74 Å². The Morgan fingerprint density at radius 1 is 1.05 bits per heavy atom. The molecule has 1 nitrogen and oxygen atoms in total. The van der Waals surface area contributed by atoms with Crippen LogP contribution in [0.1, 0.15) is 53.5 Å². The molecule has 114 valence electrons. The van der Waals surface area contributed by atoms with Crippen molar-refractivity contribution in [2.24, 2.45) is 11.3 Å². The third kappa shape index (κ3) is 5.78. The molecule has 0 aliphatic carbocycles. The Morgan fingerprint density at radius 2 is 1.60 bits per heavy atom. The first kappa shape index (κ1) is 17.4. The largest absolute Gasteiger partial charge is 0.493 e. The molecular formula is C18H30OS. The molecule has 20 heavy (non-hydrogen) atoms. The van der Waals surface area contributed by atoms with Crippen molar-refractivity contribution in [3.8, 4) is 5.75 Å². The minimum absolute atomic E-state index is 0.190. The van der Waals surface area contributed by atoms with E-state index >= 15 is 0 Å². The van der Waals surface area contributed by atoms with Crippen molar-refractivity contribution in [1.29, 1.82) is 0 Å². The summed E-state index contributed by atoms with van der Waals surface area (Å²) in [5, 5.41) is 0. The third-order valence-corrected chi connectivity index (χ3v) is 4.08. The molecule has 1 rings (SSSR count). The van der Waals surface area contributed by atoms with E-state index in [0.717, 1.165) is 24.5 Å². The Kier molecular flexibility index (Phi) is 6.00. The fraction of sp³-hybridized carbons (Fsp3) is 0.667. The molecule has 2 heteroatoms. The summed E-state index contributed by atoms with van der Waals surface area (Å²) in [6, 6.07) is 8.58. The summed E-state index contributed by atoms with van der Waals surface area (Å²) in [6.45, 7) is 14.4. The molecule has 0 fully saturated rings. The van der Waals surface area contributed by atoms with Crippen LogP contribution in [-0.2, 0) is 5.41 Å². The highest BCUT2D eigenvalue weighted by Gasteiger charge is 2.27. The molecular weight excluding hydrogens is 264 g/mol. The maximum atomic E-state index is 5.78. The highest BCUT2D eigenvalue weighted by molar-refractivity contribution is 7.80. The molecule has 0 spiro atoms. The topological polar surface area (TPSA) is 9.23 Å². The van der Waals surface area contributed by atoms with Crippen molar-refractivity contribution >= 4 is 12.6 Å². The second-order valence-corrected chi connectivity index (χ2v) is 8.11. The van der Waals surface area contributed by atoms with Crippen molar-refractivity contribution in [3.63, 3.8) is 0 Å². The van der Waals surface area contributed by atoms with Crippen molar-refractivity contribution in [3.05, 3.63) is 29.8 Å². The Balaban J connectivity index is 2.70. The lowest BCUT2D eigenvalue weighted by molar-refractivity contribution is 0.272. The summed E-state index contributed by atoms with van der Waals surface area (Å²) in [7, 11) is 0. The van der Waals surface area contributed by atoms with E-state index in [1.807, 2.05) is 0 Å². The van der Waals surface area contributed by atoms with Crippen LogP contribution in [0.5, 0.6) is 5.75 Å². The Hall–Kier alpha value is -0.630. The average Bonchev–Trinajstić information content (AvgIpc) is 2.33. The van der Waals surface area contributed by atoms with E-state index in [1.165, 1.54) is 5.56 Å². The molecule has 1 unspecified atom stereocenters. The zero-order valence-corrected chi connectivity index (χ0v) is 14.8. The summed E-state index contributed by atoms with van der Waals surface area (Å²) in [5.74, 6) is 2.29. The van der Waals surface area contributed by atoms with Crippen molar-refractivity contribution in [1.82, 2.24) is 0 Å². The average molecular weight is 295 g/mol. The van der Waals surface area contributed by atoms with E-state index in [4.69, 9.17) is 4.74 Å². The number of benzene rings is 1. The number of hydrogen-bond acceptors (Lipinski definition) is 2. The van der Waals surface area contributed by atoms with Crippen molar-refractivity contribution in [2.45, 2.75) is 53.4 Å². The smallest absolute Gasteiger partial charge is 0.119 e. The fourth-order valence-corrected chi connectivity index (χ4v) is 2.83. The van der Waals surface area contributed by atoms with Gasteiger partial charge >= 0.3 is 0 Å². The minimum atomic E-state index is 0.190. The lowest BCUT2D eigenvalue weighted by Crippen LogP contribution is -2.24. The van der Waals surface area contributed by atoms with Crippen molar-refractivity contribution in [2.75, 3.05) is 12.4 Å². The zero-order chi connectivity index (χ0) is 15.4. The summed E-state index contributed by atoms with van der Waals surface area (Å²) >= 11 is 4.28. The molecule has 1 aromatic carbocycles. The van der Waals surface area contributed by atoms with Gasteiger partial charge in [0.1, 0.15) is 5.75 Å². The number of thiol groups is 1. The molecule has 0 amide bonds. The van der Waals surface area contributed by atoms with Gasteiger partial charge in [-0.3, -0.25) is 0 Å². The van der Waals surface area contributed by atoms with E-state index in [9.17, 15) is 0 Å². The standard InChI is InChI=1S/C18H30OS/c1-14(12-20)11-19-16-9-7-15(8-10-16)18(5,6)13-17(2,3)4/h7-10,14,20H,11-13H2,1-6H3. The van der Waals surface area contributed by atoms with Crippen LogP contribution in [0.4, 0.5) is 0 Å². The second kappa shape index (κ2) is 6.89. The van der Waals surface area contributed by atoms with Crippen LogP contribution in [0.3, 0.4) is 0 Å². The van der Waals surface area contributed by atoms with Gasteiger partial charge in [0.05, 0.1) is 6.61 Å². The molecule has 0 saturated carbocycles. The SMILES string of the molecule is CC(CS)COc1ccc(C(C)(C)CC(C)(C)C)cc1. The predicted octanol–water partition coefficient (Wildman–Crippen LogP) is 5.35. The van der Waals surface area contributed by atoms with Gasteiger partial charge in [0.2, 0.25) is 0 Å². The summed E-state index contributed by atoms with van der Waals surface area (Å²) in [5.41, 5.74) is 1.90. The van der Waals surface area contributed by atoms with Gasteiger partial charge in [0, 0.05) is 0 Å². The number of rotatable bonds is 6. The van der Waals surface area contributed by atoms with Gasteiger partial charge in [-0.1, -0.05) is 53.7 Å². The highest BCUT2D eigenvalue weighted by atomic mass is 32.1. The number of ether oxygens (including phenoxy) is 1. The van der Waals surface area contributed by atoms with Crippen LogP contribution in [0, 0.1) is 11.3 Å². The molecule has 0 aliphatic rings. The van der Waals surface area contributed by atoms with Gasteiger partial charge < -0.3 is 4.74 Å². The lowest BCUT2D eigenvalue weighted by Gasteiger charge is -2.33. The molecule has 0 saturated heterocycles. The first-order valence-corrected chi connectivity index (χ1v) is 8.11. The van der Waals surface area contributed by atoms with E-state index in [0.29, 0.717) is 11.3 Å². The van der Waals surface area contributed by atoms with Gasteiger partial charge in [-0.15, -0.1) is 0 Å². The monoisotopic (exact) mass is 294 g/mol. The van der Waals surface area contributed by atoms with Gasteiger partial charge in [0.15, 0.2) is 0 Å². The van der Waals surface area contributed by atoms with Crippen LogP contribution >= 0.6 is 12.6 Å². The zero-order valence-electron chi connectivity index (χ0n) is 13.9. The number of hydrogen-bond donors (Lipinski definition) is 1. The molecule has 0 heterocycles. The molecule has 1 aromatic rings. The highest BCUT2D eigenvalue weighted by Crippen LogP contribution is 2.36. The molecule has 0 aliphatic heterocycles. The van der Waals surface area contributed by atoms with Crippen LogP contribution in [0.25, 0.3) is 0 Å². The molecule has 0 radical (unpaired) electrons. The van der Waals surface area contributed by atoms with E-state index < -0.39 is 0 Å². The Bertz CT molecular complexity index is 400. The molecule has 0 aromatic heterocycles. The third-order valence-electron chi connectivity index (χ3n) is 3.45. The van der Waals surface area contributed by atoms with Crippen LogP contribution in [-0.4, -0.2) is 12.4 Å². The first-order chi connectivity index (χ1) is 9.14. The van der Waals surface area contributed by atoms with Gasteiger partial charge in [-0.05, 0) is 46.6 Å². The predicted molar refractivity (Wildman–Crippen MR) is 92.1 cm³/mol. The van der Waals surface area contributed by atoms with E-state index in [-0.39, 0.29) is 5.41 Å². The van der Waals surface area contributed by atoms with E-state index in [2.05, 4.69) is 78.4 Å². The maximum Gasteiger partial charge on any atom is 0.119 e. The first-order valence-electron chi connectivity index (χ1n) is 7.48. The second-order valence-electron chi connectivity index (χ2n) is 7.74. The van der Waals surface area contributed by atoms with Gasteiger partial charge in [0.25, 0.3) is 0 Å². The van der Waals surface area contributed by atoms with Gasteiger partial charge in [-0.25, -0.2) is 0 Å². The normalized spacial score (nSPS) is 14.2. The Labute approximate surface area is 130 Å². The molecule has 1 atom stereocenters. The molecule has 0 N–H and O–H groups in total. The summed E-state index contributed by atoms with van der Waals surface area (Å²) in [6.07, 6.45) is 1.16. The van der Waals surface area contributed by atoms with Crippen LogP contribution in [0.15, 0.2) is 24.3 Å². The quantitative estimate of drug-likeness (QED) is 0.696.